The van der Waals surface area contributed by atoms with Crippen molar-refractivity contribution in [1.82, 2.24) is 15.5 Å². The third-order valence-corrected chi connectivity index (χ3v) is 4.54. The molecule has 0 radical (unpaired) electrons. The van der Waals surface area contributed by atoms with Crippen LogP contribution in [0.4, 0.5) is 0 Å². The molecule has 1 aliphatic rings. The summed E-state index contributed by atoms with van der Waals surface area (Å²) in [5.41, 5.74) is 1.30. The molecule has 0 bridgehead atoms. The summed E-state index contributed by atoms with van der Waals surface area (Å²) in [6, 6.07) is 8.28. The molecule has 1 aromatic carbocycles. The Morgan fingerprint density at radius 1 is 1.20 bits per heavy atom. The maximum absolute atomic E-state index is 5.27. The van der Waals surface area contributed by atoms with Crippen LogP contribution in [0.25, 0.3) is 0 Å². The van der Waals surface area contributed by atoms with Crippen LogP contribution in [-0.2, 0) is 6.42 Å². The molecule has 0 aliphatic carbocycles. The van der Waals surface area contributed by atoms with Crippen LogP contribution in [0.3, 0.4) is 0 Å². The molecule has 1 aromatic rings. The molecule has 1 fully saturated rings. The fourth-order valence-electron chi connectivity index (χ4n) is 3.16. The van der Waals surface area contributed by atoms with E-state index in [4.69, 9.17) is 9.73 Å². The predicted molar refractivity (Wildman–Crippen MR) is 106 cm³/mol. The van der Waals surface area contributed by atoms with Gasteiger partial charge in [0.25, 0.3) is 0 Å². The highest BCUT2D eigenvalue weighted by Crippen LogP contribution is 2.13. The fraction of sp³-hybridized carbons (Fsp3) is 0.650. The number of ether oxygens (including phenoxy) is 1. The third kappa shape index (κ3) is 7.78. The van der Waals surface area contributed by atoms with Gasteiger partial charge in [0.2, 0.25) is 0 Å². The number of benzene rings is 1. The minimum Gasteiger partial charge on any atom is -0.497 e. The number of nitrogens with one attached hydrogen (secondary N) is 2. The predicted octanol–water partition coefficient (Wildman–Crippen LogP) is 2.67. The first-order chi connectivity index (χ1) is 12.3. The Kier molecular flexibility index (Phi) is 9.19. The quantitative estimate of drug-likeness (QED) is 0.410. The highest BCUT2D eigenvalue weighted by Gasteiger charge is 2.09. The molecule has 25 heavy (non-hydrogen) atoms. The molecule has 2 N–H and O–H groups in total. The van der Waals surface area contributed by atoms with Crippen molar-refractivity contribution in [3.05, 3.63) is 29.8 Å². The molecule has 0 spiro atoms. The van der Waals surface area contributed by atoms with E-state index in [2.05, 4.69) is 34.6 Å². The molecule has 2 rings (SSSR count). The number of guanidine groups is 1. The molecule has 0 aromatic heterocycles. The van der Waals surface area contributed by atoms with E-state index < -0.39 is 0 Å². The zero-order chi connectivity index (χ0) is 17.7. The minimum absolute atomic E-state index is 0.830. The van der Waals surface area contributed by atoms with Crippen molar-refractivity contribution in [2.24, 2.45) is 4.99 Å². The van der Waals surface area contributed by atoms with Gasteiger partial charge in [0.05, 0.1) is 7.11 Å². The molecule has 1 saturated heterocycles. The Labute approximate surface area is 152 Å². The van der Waals surface area contributed by atoms with Crippen molar-refractivity contribution in [3.63, 3.8) is 0 Å². The van der Waals surface area contributed by atoms with Crippen LogP contribution in [0, 0.1) is 0 Å². The standard InChI is InChI=1S/C20H34N4O/c1-3-21-20(23-13-16-24-14-5-4-6-15-24)22-12-8-10-18-9-7-11-19(17-18)25-2/h7,9,11,17H,3-6,8,10,12-16H2,1-2H3,(H2,21,22,23). The molecule has 0 atom stereocenters. The topological polar surface area (TPSA) is 48.9 Å². The van der Waals surface area contributed by atoms with Crippen LogP contribution in [0.15, 0.2) is 29.3 Å². The number of aryl methyl sites for hydroxylation is 1. The lowest BCUT2D eigenvalue weighted by Crippen LogP contribution is -2.42. The van der Waals surface area contributed by atoms with Gasteiger partial charge in [-0.25, -0.2) is 0 Å². The summed E-state index contributed by atoms with van der Waals surface area (Å²) in [5.74, 6) is 1.86. The lowest BCUT2D eigenvalue weighted by Gasteiger charge is -2.26. The summed E-state index contributed by atoms with van der Waals surface area (Å²) in [6.45, 7) is 8.39. The van der Waals surface area contributed by atoms with Gasteiger partial charge in [0, 0.05) is 26.2 Å². The average Bonchev–Trinajstić information content (AvgIpc) is 2.66. The zero-order valence-corrected chi connectivity index (χ0v) is 15.9. The summed E-state index contributed by atoms with van der Waals surface area (Å²) < 4.78 is 5.27. The second-order valence-electron chi connectivity index (χ2n) is 6.54. The number of piperidine rings is 1. The van der Waals surface area contributed by atoms with E-state index in [9.17, 15) is 0 Å². The van der Waals surface area contributed by atoms with Crippen LogP contribution in [0.5, 0.6) is 5.75 Å². The molecule has 0 unspecified atom stereocenters. The maximum Gasteiger partial charge on any atom is 0.191 e. The smallest absolute Gasteiger partial charge is 0.191 e. The number of methoxy groups -OCH3 is 1. The largest absolute Gasteiger partial charge is 0.497 e. The van der Waals surface area contributed by atoms with Crippen molar-refractivity contribution in [2.75, 3.05) is 46.4 Å². The van der Waals surface area contributed by atoms with Crippen molar-refractivity contribution in [1.29, 1.82) is 0 Å². The highest BCUT2D eigenvalue weighted by molar-refractivity contribution is 5.79. The van der Waals surface area contributed by atoms with Gasteiger partial charge in [-0.2, -0.15) is 0 Å². The first-order valence-corrected chi connectivity index (χ1v) is 9.69. The van der Waals surface area contributed by atoms with Crippen LogP contribution >= 0.6 is 0 Å². The van der Waals surface area contributed by atoms with Gasteiger partial charge in [0.1, 0.15) is 5.75 Å². The lowest BCUT2D eigenvalue weighted by molar-refractivity contribution is 0.232. The van der Waals surface area contributed by atoms with Gasteiger partial charge in [-0.3, -0.25) is 4.99 Å². The summed E-state index contributed by atoms with van der Waals surface area (Å²) >= 11 is 0. The Bertz CT molecular complexity index is 512. The Morgan fingerprint density at radius 2 is 2.04 bits per heavy atom. The molecule has 1 heterocycles. The summed E-state index contributed by atoms with van der Waals surface area (Å²) in [6.07, 6.45) is 6.14. The molecule has 5 heteroatoms. The van der Waals surface area contributed by atoms with Crippen molar-refractivity contribution in [2.45, 2.75) is 39.0 Å². The minimum atomic E-state index is 0.830. The number of hydrogen-bond acceptors (Lipinski definition) is 3. The van der Waals surface area contributed by atoms with E-state index in [1.807, 2.05) is 12.1 Å². The van der Waals surface area contributed by atoms with Gasteiger partial charge in [0.15, 0.2) is 5.96 Å². The number of likely N-dealkylation sites (tertiary alicyclic amines) is 1. The second kappa shape index (κ2) is 11.7. The Balaban J connectivity index is 1.68. The monoisotopic (exact) mass is 346 g/mol. The lowest BCUT2D eigenvalue weighted by atomic mass is 10.1. The van der Waals surface area contributed by atoms with E-state index in [0.29, 0.717) is 0 Å². The first-order valence-electron chi connectivity index (χ1n) is 9.69. The molecule has 0 amide bonds. The SMILES string of the molecule is CCNC(=NCCCc1cccc(OC)c1)NCCN1CCCCC1. The number of hydrogen-bond donors (Lipinski definition) is 2. The Hall–Kier alpha value is -1.75. The molecule has 0 saturated carbocycles. The van der Waals surface area contributed by atoms with Crippen LogP contribution < -0.4 is 15.4 Å². The van der Waals surface area contributed by atoms with Gasteiger partial charge >= 0.3 is 0 Å². The van der Waals surface area contributed by atoms with Crippen molar-refractivity contribution >= 4 is 5.96 Å². The molecular formula is C20H34N4O. The van der Waals surface area contributed by atoms with E-state index in [1.54, 1.807) is 7.11 Å². The van der Waals surface area contributed by atoms with E-state index in [-0.39, 0.29) is 0 Å². The average molecular weight is 347 g/mol. The second-order valence-corrected chi connectivity index (χ2v) is 6.54. The summed E-state index contributed by atoms with van der Waals surface area (Å²) in [5, 5.41) is 6.80. The number of aliphatic imine (C=N–C) groups is 1. The maximum atomic E-state index is 5.27. The number of nitrogens with zero attached hydrogens (tertiary/aromatic N) is 2. The van der Waals surface area contributed by atoms with Gasteiger partial charge < -0.3 is 20.3 Å². The fourth-order valence-corrected chi connectivity index (χ4v) is 3.16. The van der Waals surface area contributed by atoms with E-state index in [1.165, 1.54) is 37.9 Å². The van der Waals surface area contributed by atoms with Crippen LogP contribution in [-0.4, -0.2) is 57.2 Å². The highest BCUT2D eigenvalue weighted by atomic mass is 16.5. The van der Waals surface area contributed by atoms with Gasteiger partial charge in [-0.05, 0) is 63.4 Å². The van der Waals surface area contributed by atoms with E-state index >= 15 is 0 Å². The first kappa shape index (κ1) is 19.6. The summed E-state index contributed by atoms with van der Waals surface area (Å²) in [4.78, 5) is 7.24. The number of rotatable bonds is 9. The zero-order valence-electron chi connectivity index (χ0n) is 15.9. The Morgan fingerprint density at radius 3 is 2.80 bits per heavy atom. The van der Waals surface area contributed by atoms with Crippen molar-refractivity contribution in [3.8, 4) is 5.75 Å². The third-order valence-electron chi connectivity index (χ3n) is 4.54. The molecule has 140 valence electrons. The van der Waals surface area contributed by atoms with Crippen molar-refractivity contribution < 1.29 is 4.74 Å². The molecular weight excluding hydrogens is 312 g/mol. The summed E-state index contributed by atoms with van der Waals surface area (Å²) in [7, 11) is 1.71. The molecule has 5 nitrogen and oxygen atoms in total. The van der Waals surface area contributed by atoms with Gasteiger partial charge in [-0.1, -0.05) is 18.6 Å². The van der Waals surface area contributed by atoms with Gasteiger partial charge in [-0.15, -0.1) is 0 Å². The van der Waals surface area contributed by atoms with Crippen LogP contribution in [0.1, 0.15) is 38.2 Å². The molecule has 1 aliphatic heterocycles. The van der Waals surface area contributed by atoms with Crippen LogP contribution in [0.2, 0.25) is 0 Å². The van der Waals surface area contributed by atoms with E-state index in [0.717, 1.165) is 50.7 Å². The normalized spacial score (nSPS) is 15.8.